The van der Waals surface area contributed by atoms with Gasteiger partial charge < -0.3 is 9.84 Å². The lowest BCUT2D eigenvalue weighted by atomic mass is 9.94. The molecule has 0 aliphatic heterocycles. The van der Waals surface area contributed by atoms with Crippen LogP contribution in [0.5, 0.6) is 5.75 Å². The van der Waals surface area contributed by atoms with Crippen molar-refractivity contribution in [1.29, 1.82) is 0 Å². The zero-order chi connectivity index (χ0) is 17.0. The van der Waals surface area contributed by atoms with Gasteiger partial charge in [0.05, 0.1) is 5.02 Å². The fourth-order valence-electron chi connectivity index (χ4n) is 2.68. The maximum atomic E-state index is 10.9. The molecule has 24 heavy (non-hydrogen) atoms. The fourth-order valence-corrected chi connectivity index (χ4v) is 2.85. The summed E-state index contributed by atoms with van der Waals surface area (Å²) in [5.74, 6) is 0.464. The molecule has 2 unspecified atom stereocenters. The van der Waals surface area contributed by atoms with Crippen molar-refractivity contribution in [1.82, 2.24) is 14.8 Å². The Morgan fingerprint density at radius 1 is 1.17 bits per heavy atom. The number of hydrogen-bond donors (Lipinski definition) is 1. The summed E-state index contributed by atoms with van der Waals surface area (Å²) >= 11 is 6.28. The van der Waals surface area contributed by atoms with Crippen LogP contribution in [-0.4, -0.2) is 26.0 Å². The number of rotatable bonds is 6. The molecule has 0 bridgehead atoms. The number of nitrogens with zero attached hydrogens (tertiary/aromatic N) is 3. The van der Waals surface area contributed by atoms with Gasteiger partial charge >= 0.3 is 0 Å². The van der Waals surface area contributed by atoms with Crippen LogP contribution in [0.4, 0.5) is 0 Å². The topological polar surface area (TPSA) is 60.2 Å². The molecular weight excluding hydrogens is 326 g/mol. The second-order valence-electron chi connectivity index (χ2n) is 5.36. The van der Waals surface area contributed by atoms with Crippen LogP contribution in [0.2, 0.25) is 5.02 Å². The zero-order valence-corrected chi connectivity index (χ0v) is 14.0. The summed E-state index contributed by atoms with van der Waals surface area (Å²) in [5, 5.41) is 15.6. The van der Waals surface area contributed by atoms with Crippen molar-refractivity contribution < 1.29 is 9.84 Å². The van der Waals surface area contributed by atoms with Gasteiger partial charge in [-0.05, 0) is 18.6 Å². The number of aliphatic hydroxyl groups excluding tert-OH is 1. The van der Waals surface area contributed by atoms with Gasteiger partial charge in [-0.1, -0.05) is 61.0 Å². The SMILES string of the molecule is CCC(O)C(Oc1ccccc1Cl)(c1ccccc1)n1cncn1. The van der Waals surface area contributed by atoms with Gasteiger partial charge in [0.25, 0.3) is 5.72 Å². The lowest BCUT2D eigenvalue weighted by Gasteiger charge is -2.38. The Morgan fingerprint density at radius 2 is 1.88 bits per heavy atom. The third kappa shape index (κ3) is 2.88. The van der Waals surface area contributed by atoms with Crippen molar-refractivity contribution in [2.24, 2.45) is 0 Å². The molecule has 1 aromatic heterocycles. The normalized spacial score (nSPS) is 14.8. The number of benzene rings is 2. The molecule has 1 N–H and O–H groups in total. The summed E-state index contributed by atoms with van der Waals surface area (Å²) in [6.45, 7) is 1.88. The standard InChI is InChI=1S/C18H18ClN3O2/c1-2-17(23)18(22-13-20-12-21-22,14-8-4-3-5-9-14)24-16-11-7-6-10-15(16)19/h3-13,17,23H,2H2,1H3. The van der Waals surface area contributed by atoms with E-state index < -0.39 is 11.8 Å². The van der Waals surface area contributed by atoms with Crippen LogP contribution in [0.3, 0.4) is 0 Å². The Bertz CT molecular complexity index is 780. The van der Waals surface area contributed by atoms with Gasteiger partial charge in [0, 0.05) is 5.56 Å². The van der Waals surface area contributed by atoms with Crippen molar-refractivity contribution in [3.8, 4) is 5.75 Å². The molecule has 0 radical (unpaired) electrons. The summed E-state index contributed by atoms with van der Waals surface area (Å²) in [6, 6.07) is 16.6. The van der Waals surface area contributed by atoms with Gasteiger partial charge in [-0.25, -0.2) is 9.67 Å². The van der Waals surface area contributed by atoms with Crippen molar-refractivity contribution >= 4 is 11.6 Å². The van der Waals surface area contributed by atoms with E-state index in [1.54, 1.807) is 12.1 Å². The predicted molar refractivity (Wildman–Crippen MR) is 91.9 cm³/mol. The molecule has 0 fully saturated rings. The van der Waals surface area contributed by atoms with Crippen LogP contribution >= 0.6 is 11.6 Å². The maximum Gasteiger partial charge on any atom is 0.255 e. The van der Waals surface area contributed by atoms with E-state index in [-0.39, 0.29) is 0 Å². The van der Waals surface area contributed by atoms with Crippen LogP contribution in [-0.2, 0) is 5.72 Å². The lowest BCUT2D eigenvalue weighted by molar-refractivity contribution is -0.0910. The third-order valence-corrected chi connectivity index (χ3v) is 4.20. The highest BCUT2D eigenvalue weighted by atomic mass is 35.5. The molecular formula is C18H18ClN3O2. The predicted octanol–water partition coefficient (Wildman–Crippen LogP) is 3.48. The first-order valence-corrected chi connectivity index (χ1v) is 8.08. The minimum Gasteiger partial charge on any atom is -0.457 e. The summed E-state index contributed by atoms with van der Waals surface area (Å²) in [5.41, 5.74) is -0.512. The maximum absolute atomic E-state index is 10.9. The number of para-hydroxylation sites is 1. The lowest BCUT2D eigenvalue weighted by Crippen LogP contribution is -2.51. The van der Waals surface area contributed by atoms with Crippen molar-refractivity contribution in [2.45, 2.75) is 25.2 Å². The van der Waals surface area contributed by atoms with Gasteiger partial charge in [-0.3, -0.25) is 0 Å². The Kier molecular flexibility index (Phi) is 4.83. The minimum atomic E-state index is -1.27. The number of aliphatic hydroxyl groups is 1. The molecule has 3 aromatic rings. The molecule has 1 heterocycles. The smallest absolute Gasteiger partial charge is 0.255 e. The molecule has 0 saturated carbocycles. The van der Waals surface area contributed by atoms with Crippen molar-refractivity contribution in [3.63, 3.8) is 0 Å². The second-order valence-corrected chi connectivity index (χ2v) is 5.77. The van der Waals surface area contributed by atoms with Gasteiger partial charge in [0.2, 0.25) is 0 Å². The molecule has 6 heteroatoms. The molecule has 124 valence electrons. The minimum absolute atomic E-state index is 0.458. The number of aromatic nitrogens is 3. The second kappa shape index (κ2) is 7.03. The van der Waals surface area contributed by atoms with Gasteiger partial charge in [0.15, 0.2) is 0 Å². The molecule has 5 nitrogen and oxygen atoms in total. The van der Waals surface area contributed by atoms with Crippen LogP contribution in [0.1, 0.15) is 18.9 Å². The Balaban J connectivity index is 2.21. The summed E-state index contributed by atoms with van der Waals surface area (Å²) in [6.07, 6.45) is 2.54. The van der Waals surface area contributed by atoms with E-state index in [0.29, 0.717) is 17.2 Å². The Labute approximate surface area is 145 Å². The molecule has 0 spiro atoms. The van der Waals surface area contributed by atoms with E-state index in [2.05, 4.69) is 10.1 Å². The Hall–Kier alpha value is -2.37. The van der Waals surface area contributed by atoms with Crippen molar-refractivity contribution in [3.05, 3.63) is 77.8 Å². The van der Waals surface area contributed by atoms with Crippen LogP contribution in [0.25, 0.3) is 0 Å². The average molecular weight is 344 g/mol. The Morgan fingerprint density at radius 3 is 2.50 bits per heavy atom. The van der Waals surface area contributed by atoms with Gasteiger partial charge in [0.1, 0.15) is 24.5 Å². The summed E-state index contributed by atoms with van der Waals surface area (Å²) in [7, 11) is 0. The number of halogens is 1. The molecule has 2 atom stereocenters. The zero-order valence-electron chi connectivity index (χ0n) is 13.2. The van der Waals surface area contributed by atoms with E-state index in [1.165, 1.54) is 17.3 Å². The quantitative estimate of drug-likeness (QED) is 0.744. The van der Waals surface area contributed by atoms with E-state index in [4.69, 9.17) is 16.3 Å². The van der Waals surface area contributed by atoms with Gasteiger partial charge in [-0.2, -0.15) is 5.10 Å². The highest BCUT2D eigenvalue weighted by molar-refractivity contribution is 6.32. The largest absolute Gasteiger partial charge is 0.457 e. The third-order valence-electron chi connectivity index (χ3n) is 3.89. The van der Waals surface area contributed by atoms with Crippen LogP contribution in [0.15, 0.2) is 67.3 Å². The van der Waals surface area contributed by atoms with E-state index in [1.807, 2.05) is 49.4 Å². The molecule has 0 aliphatic rings. The first-order chi connectivity index (χ1) is 11.7. The molecule has 0 aliphatic carbocycles. The first kappa shape index (κ1) is 16.5. The summed E-state index contributed by atoms with van der Waals surface area (Å²) in [4.78, 5) is 4.02. The van der Waals surface area contributed by atoms with Crippen LogP contribution < -0.4 is 4.74 Å². The fraction of sp³-hybridized carbons (Fsp3) is 0.222. The monoisotopic (exact) mass is 343 g/mol. The number of hydrogen-bond acceptors (Lipinski definition) is 4. The van der Waals surface area contributed by atoms with E-state index >= 15 is 0 Å². The highest BCUT2D eigenvalue weighted by Gasteiger charge is 2.45. The molecule has 2 aromatic carbocycles. The molecule has 0 saturated heterocycles. The highest BCUT2D eigenvalue weighted by Crippen LogP contribution is 2.36. The van der Waals surface area contributed by atoms with Crippen LogP contribution in [0, 0.1) is 0 Å². The number of ether oxygens (including phenoxy) is 1. The van der Waals surface area contributed by atoms with E-state index in [9.17, 15) is 5.11 Å². The summed E-state index contributed by atoms with van der Waals surface area (Å²) < 4.78 is 7.82. The molecule has 0 amide bonds. The van der Waals surface area contributed by atoms with Gasteiger partial charge in [-0.15, -0.1) is 0 Å². The van der Waals surface area contributed by atoms with E-state index in [0.717, 1.165) is 5.56 Å². The average Bonchev–Trinajstić information content (AvgIpc) is 3.16. The molecule has 3 rings (SSSR count). The first-order valence-electron chi connectivity index (χ1n) is 7.70. The van der Waals surface area contributed by atoms with Crippen molar-refractivity contribution in [2.75, 3.05) is 0 Å².